The molecule has 1 aliphatic heterocycles. The lowest BCUT2D eigenvalue weighted by atomic mass is 10.0. The summed E-state index contributed by atoms with van der Waals surface area (Å²) >= 11 is 6.67. The molecule has 0 radical (unpaired) electrons. The second kappa shape index (κ2) is 10.4. The van der Waals surface area contributed by atoms with Crippen LogP contribution in [0.5, 0.6) is 11.5 Å². The van der Waals surface area contributed by atoms with E-state index in [1.54, 1.807) is 20.3 Å². The number of methoxy groups -OCH3 is 2. The van der Waals surface area contributed by atoms with Gasteiger partial charge in [0, 0.05) is 66.4 Å². The van der Waals surface area contributed by atoms with Crippen LogP contribution < -0.4 is 20.5 Å². The molecule has 188 valence electrons. The summed E-state index contributed by atoms with van der Waals surface area (Å²) in [5.74, 6) is 2.95. The minimum Gasteiger partial charge on any atom is -0.496 e. The fourth-order valence-electron chi connectivity index (χ4n) is 4.72. The van der Waals surface area contributed by atoms with Crippen LogP contribution in [0.2, 0.25) is 5.02 Å². The average molecular weight is 499 g/mol. The van der Waals surface area contributed by atoms with Gasteiger partial charge in [0.05, 0.1) is 24.9 Å². The summed E-state index contributed by atoms with van der Waals surface area (Å²) in [4.78, 5) is 14.1. The zero-order valence-electron chi connectivity index (χ0n) is 21.4. The highest BCUT2D eigenvalue weighted by atomic mass is 35.5. The van der Waals surface area contributed by atoms with E-state index in [1.807, 2.05) is 25.3 Å². The van der Waals surface area contributed by atoms with Crippen molar-refractivity contribution >= 4 is 34.0 Å². The maximum atomic E-state index is 6.67. The van der Waals surface area contributed by atoms with E-state index in [0.717, 1.165) is 53.9 Å². The van der Waals surface area contributed by atoms with E-state index in [-0.39, 0.29) is 0 Å². The Morgan fingerprint density at radius 3 is 2.60 bits per heavy atom. The van der Waals surface area contributed by atoms with Crippen LogP contribution in [0.3, 0.4) is 0 Å². The molecular formula is C26H35ClN6O2. The van der Waals surface area contributed by atoms with Gasteiger partial charge in [0.2, 0.25) is 0 Å². The Morgan fingerprint density at radius 2 is 1.91 bits per heavy atom. The molecule has 1 aromatic carbocycles. The van der Waals surface area contributed by atoms with Crippen LogP contribution in [0.15, 0.2) is 24.4 Å². The summed E-state index contributed by atoms with van der Waals surface area (Å²) in [6, 6.07) is 6.05. The number of fused-ring (bicyclic) bond motifs is 1. The molecule has 3 aromatic rings. The lowest BCUT2D eigenvalue weighted by molar-refractivity contribution is 0.277. The van der Waals surface area contributed by atoms with Crippen molar-refractivity contribution in [3.8, 4) is 22.8 Å². The second-order valence-electron chi connectivity index (χ2n) is 9.57. The third-order valence-electron chi connectivity index (χ3n) is 6.77. The number of benzene rings is 1. The largest absolute Gasteiger partial charge is 0.496 e. The van der Waals surface area contributed by atoms with E-state index in [0.29, 0.717) is 40.0 Å². The van der Waals surface area contributed by atoms with Crippen molar-refractivity contribution in [3.05, 3.63) is 35.0 Å². The van der Waals surface area contributed by atoms with Crippen LogP contribution in [-0.4, -0.2) is 80.3 Å². The van der Waals surface area contributed by atoms with Crippen molar-refractivity contribution < 1.29 is 9.47 Å². The quantitative estimate of drug-likeness (QED) is 0.478. The number of rotatable bonds is 8. The average Bonchev–Trinajstić information content (AvgIpc) is 3.17. The Morgan fingerprint density at radius 1 is 1.17 bits per heavy atom. The molecule has 35 heavy (non-hydrogen) atoms. The fraction of sp³-hybridized carbons (Fsp3) is 0.462. The highest BCUT2D eigenvalue weighted by Gasteiger charge is 2.29. The highest BCUT2D eigenvalue weighted by molar-refractivity contribution is 6.35. The number of likely N-dealkylation sites (N-methyl/N-ethyl adjacent to an activating group) is 1. The highest BCUT2D eigenvalue weighted by Crippen LogP contribution is 2.43. The predicted octanol–water partition coefficient (Wildman–Crippen LogP) is 4.15. The molecule has 0 bridgehead atoms. The van der Waals surface area contributed by atoms with Gasteiger partial charge in [0.1, 0.15) is 23.1 Å². The minimum atomic E-state index is 0.335. The minimum absolute atomic E-state index is 0.335. The summed E-state index contributed by atoms with van der Waals surface area (Å²) in [6.45, 7) is 8.42. The summed E-state index contributed by atoms with van der Waals surface area (Å²) in [5, 5.41) is 5.83. The summed E-state index contributed by atoms with van der Waals surface area (Å²) in [7, 11) is 7.41. The molecule has 0 unspecified atom stereocenters. The van der Waals surface area contributed by atoms with Gasteiger partial charge < -0.3 is 25.4 Å². The first-order valence-electron chi connectivity index (χ1n) is 11.8. The van der Waals surface area contributed by atoms with Gasteiger partial charge in [-0.3, -0.25) is 4.90 Å². The topological polar surface area (TPSA) is 88.8 Å². The van der Waals surface area contributed by atoms with Crippen LogP contribution >= 0.6 is 11.6 Å². The number of nitrogens with two attached hydrogens (primary N) is 1. The molecule has 0 aliphatic carbocycles. The number of nitrogens with one attached hydrogen (secondary N) is 1. The zero-order valence-corrected chi connectivity index (χ0v) is 22.1. The standard InChI is InChI=1S/C26H35ClN6O2/c1-15-13-33(8-7-32(3)4)14-20(15)30-23-10-18-17(12-29-23)9-19(31-26(18)28)24-16(2)21(34-5)11-22(35-6)25(24)27/h9-12,15,20H,7-8,13-14H2,1-6H3,(H2,28,31)(H,29,30)/t15-,20+/m0/s1. The number of likely N-dealkylation sites (tertiary alicyclic amines) is 1. The number of hydrogen-bond acceptors (Lipinski definition) is 8. The molecule has 3 N–H and O–H groups in total. The van der Waals surface area contributed by atoms with Crippen LogP contribution in [0, 0.1) is 12.8 Å². The Labute approximate surface area is 212 Å². The second-order valence-corrected chi connectivity index (χ2v) is 9.95. The smallest absolute Gasteiger partial charge is 0.141 e. The number of anilines is 2. The van der Waals surface area contributed by atoms with Crippen molar-refractivity contribution in [1.82, 2.24) is 19.8 Å². The van der Waals surface area contributed by atoms with Gasteiger partial charge in [0.15, 0.2) is 0 Å². The van der Waals surface area contributed by atoms with Crippen molar-refractivity contribution in [1.29, 1.82) is 0 Å². The number of nitrogens with zero attached hydrogens (tertiary/aromatic N) is 4. The van der Waals surface area contributed by atoms with Crippen molar-refractivity contribution in [2.45, 2.75) is 19.9 Å². The molecule has 4 rings (SSSR count). The maximum Gasteiger partial charge on any atom is 0.141 e. The monoisotopic (exact) mass is 498 g/mol. The number of pyridine rings is 2. The third kappa shape index (κ3) is 5.24. The normalized spacial score (nSPS) is 18.4. The number of halogens is 1. The Hall–Kier alpha value is -2.81. The molecule has 9 heteroatoms. The summed E-state index contributed by atoms with van der Waals surface area (Å²) in [5.41, 5.74) is 8.69. The molecule has 2 atom stereocenters. The molecule has 3 heterocycles. The van der Waals surface area contributed by atoms with Crippen molar-refractivity contribution in [2.24, 2.45) is 5.92 Å². The third-order valence-corrected chi connectivity index (χ3v) is 7.14. The van der Waals surface area contributed by atoms with Crippen LogP contribution in [0.25, 0.3) is 22.0 Å². The predicted molar refractivity (Wildman–Crippen MR) is 144 cm³/mol. The SMILES string of the molecule is COc1cc(OC)c(Cl)c(-c2cc3cnc(N[C@@H]4CN(CCN(C)C)C[C@@H]4C)cc3c(N)n2)c1C. The first-order chi connectivity index (χ1) is 16.7. The van der Waals surface area contributed by atoms with Gasteiger partial charge in [-0.05, 0) is 39.1 Å². The number of nitrogen functional groups attached to an aromatic ring is 1. The molecule has 1 aliphatic rings. The van der Waals surface area contributed by atoms with Crippen LogP contribution in [0.4, 0.5) is 11.6 Å². The Kier molecular flexibility index (Phi) is 7.54. The van der Waals surface area contributed by atoms with E-state index < -0.39 is 0 Å². The lowest BCUT2D eigenvalue weighted by Gasteiger charge is -2.19. The van der Waals surface area contributed by atoms with Gasteiger partial charge in [-0.2, -0.15) is 0 Å². The van der Waals surface area contributed by atoms with Crippen LogP contribution in [0.1, 0.15) is 12.5 Å². The van der Waals surface area contributed by atoms with Gasteiger partial charge in [0.25, 0.3) is 0 Å². The van der Waals surface area contributed by atoms with Gasteiger partial charge >= 0.3 is 0 Å². The van der Waals surface area contributed by atoms with Gasteiger partial charge in [-0.15, -0.1) is 0 Å². The first kappa shape index (κ1) is 25.3. The number of ether oxygens (including phenoxy) is 2. The molecule has 0 amide bonds. The van der Waals surface area contributed by atoms with E-state index in [4.69, 9.17) is 31.8 Å². The zero-order chi connectivity index (χ0) is 25.3. The summed E-state index contributed by atoms with van der Waals surface area (Å²) < 4.78 is 11.0. The van der Waals surface area contributed by atoms with Crippen molar-refractivity contribution in [2.75, 3.05) is 65.5 Å². The number of aromatic nitrogens is 2. The van der Waals surface area contributed by atoms with E-state index in [1.165, 1.54) is 0 Å². The van der Waals surface area contributed by atoms with E-state index in [2.05, 4.69) is 41.1 Å². The molecule has 8 nitrogen and oxygen atoms in total. The molecule has 2 aromatic heterocycles. The molecule has 0 spiro atoms. The van der Waals surface area contributed by atoms with E-state index in [9.17, 15) is 0 Å². The van der Waals surface area contributed by atoms with E-state index >= 15 is 0 Å². The van der Waals surface area contributed by atoms with Gasteiger partial charge in [-0.25, -0.2) is 9.97 Å². The maximum absolute atomic E-state index is 6.67. The number of hydrogen-bond donors (Lipinski definition) is 2. The Balaban J connectivity index is 1.62. The fourth-order valence-corrected chi connectivity index (χ4v) is 5.09. The molecular weight excluding hydrogens is 464 g/mol. The summed E-state index contributed by atoms with van der Waals surface area (Å²) in [6.07, 6.45) is 1.84. The lowest BCUT2D eigenvalue weighted by Crippen LogP contribution is -2.32. The molecule has 1 saturated heterocycles. The van der Waals surface area contributed by atoms with Crippen molar-refractivity contribution in [3.63, 3.8) is 0 Å². The van der Waals surface area contributed by atoms with Crippen LogP contribution in [-0.2, 0) is 0 Å². The molecule has 1 fully saturated rings. The Bertz CT molecular complexity index is 1190. The first-order valence-corrected chi connectivity index (χ1v) is 12.2. The molecule has 0 saturated carbocycles. The van der Waals surface area contributed by atoms with Gasteiger partial charge in [-0.1, -0.05) is 18.5 Å².